The van der Waals surface area contributed by atoms with Gasteiger partial charge in [0, 0.05) is 18.4 Å². The zero-order valence-electron chi connectivity index (χ0n) is 7.69. The van der Waals surface area contributed by atoms with Crippen LogP contribution in [0, 0.1) is 0 Å². The van der Waals surface area contributed by atoms with Gasteiger partial charge in [-0.2, -0.15) is 13.2 Å². The lowest BCUT2D eigenvalue weighted by molar-refractivity contribution is -0.258. The van der Waals surface area contributed by atoms with Gasteiger partial charge in [0.1, 0.15) is 0 Å². The van der Waals surface area contributed by atoms with E-state index in [2.05, 4.69) is 15.9 Å². The Morgan fingerprint density at radius 2 is 2.14 bits per heavy atom. The van der Waals surface area contributed by atoms with Gasteiger partial charge in [-0.3, -0.25) is 0 Å². The topological polar surface area (TPSA) is 12.5 Å². The number of ether oxygens (including phenoxy) is 1. The minimum Gasteiger partial charge on any atom is -0.376 e. The number of hydrogen-bond donors (Lipinski definition) is 0. The molecule has 1 heterocycles. The van der Waals surface area contributed by atoms with Gasteiger partial charge in [0.2, 0.25) is 0 Å². The molecule has 1 atom stereocenters. The number of alkyl halides is 4. The highest BCUT2D eigenvalue weighted by atomic mass is 79.9. The first kappa shape index (κ1) is 12.3. The van der Waals surface area contributed by atoms with Crippen LogP contribution < -0.4 is 0 Å². The third-order valence-electron chi connectivity index (χ3n) is 2.17. The second-order valence-corrected chi connectivity index (χ2v) is 4.03. The van der Waals surface area contributed by atoms with E-state index >= 15 is 0 Å². The van der Waals surface area contributed by atoms with Crippen LogP contribution in [0.4, 0.5) is 13.2 Å². The minimum atomic E-state index is -4.21. The van der Waals surface area contributed by atoms with Gasteiger partial charge in [-0.15, -0.1) is 0 Å². The first-order valence-corrected chi connectivity index (χ1v) is 5.65. The minimum absolute atomic E-state index is 0.0312. The molecule has 0 aliphatic carbocycles. The molecule has 0 aromatic heterocycles. The highest BCUT2D eigenvalue weighted by Gasteiger charge is 2.39. The van der Waals surface area contributed by atoms with E-state index in [-0.39, 0.29) is 19.2 Å². The van der Waals surface area contributed by atoms with Crippen molar-refractivity contribution in [2.75, 3.05) is 25.0 Å². The SMILES string of the molecule is FC(F)(F)N1CCC[C@@H](OCCBr)C1. The molecular weight excluding hydrogens is 263 g/mol. The average molecular weight is 276 g/mol. The van der Waals surface area contributed by atoms with Crippen LogP contribution in [0.5, 0.6) is 0 Å². The number of piperidine rings is 1. The summed E-state index contributed by atoms with van der Waals surface area (Å²) in [5.41, 5.74) is 0. The molecule has 1 aliphatic heterocycles. The Hall–Kier alpha value is 0.190. The van der Waals surface area contributed by atoms with E-state index in [9.17, 15) is 13.2 Å². The van der Waals surface area contributed by atoms with Crippen LogP contribution in [0.15, 0.2) is 0 Å². The molecule has 0 radical (unpaired) electrons. The molecule has 14 heavy (non-hydrogen) atoms. The monoisotopic (exact) mass is 275 g/mol. The molecule has 0 spiro atoms. The summed E-state index contributed by atoms with van der Waals surface area (Å²) in [6.45, 7) is 0.532. The van der Waals surface area contributed by atoms with Crippen LogP contribution in [0.2, 0.25) is 0 Å². The number of rotatable bonds is 3. The van der Waals surface area contributed by atoms with Crippen LogP contribution >= 0.6 is 15.9 Å². The summed E-state index contributed by atoms with van der Waals surface area (Å²) in [5.74, 6) is 0. The Kier molecular flexibility index (Phi) is 4.66. The van der Waals surface area contributed by atoms with Crippen LogP contribution in [0.25, 0.3) is 0 Å². The zero-order chi connectivity index (χ0) is 10.6. The summed E-state index contributed by atoms with van der Waals surface area (Å²) in [7, 11) is 0. The third kappa shape index (κ3) is 3.74. The zero-order valence-corrected chi connectivity index (χ0v) is 9.27. The molecule has 1 aliphatic rings. The molecule has 6 heteroatoms. The highest BCUT2D eigenvalue weighted by Crippen LogP contribution is 2.26. The molecule has 0 saturated carbocycles. The van der Waals surface area contributed by atoms with Crippen LogP contribution in [-0.2, 0) is 4.74 Å². The molecule has 1 saturated heterocycles. The van der Waals surface area contributed by atoms with Gasteiger partial charge in [-0.05, 0) is 12.8 Å². The van der Waals surface area contributed by atoms with Gasteiger partial charge < -0.3 is 4.74 Å². The Balaban J connectivity index is 2.36. The van der Waals surface area contributed by atoms with Crippen molar-refractivity contribution >= 4 is 15.9 Å². The summed E-state index contributed by atoms with van der Waals surface area (Å²) in [4.78, 5) is 0.523. The molecule has 0 amide bonds. The first-order valence-electron chi connectivity index (χ1n) is 4.53. The van der Waals surface area contributed by atoms with E-state index in [0.717, 1.165) is 6.42 Å². The fourth-order valence-corrected chi connectivity index (χ4v) is 1.70. The number of hydrogen-bond acceptors (Lipinski definition) is 2. The Morgan fingerprint density at radius 3 is 2.71 bits per heavy atom. The van der Waals surface area contributed by atoms with E-state index in [1.54, 1.807) is 0 Å². The maximum Gasteiger partial charge on any atom is 0.460 e. The molecular formula is C8H13BrF3NO. The Morgan fingerprint density at radius 1 is 1.43 bits per heavy atom. The van der Waals surface area contributed by atoms with E-state index < -0.39 is 6.30 Å². The van der Waals surface area contributed by atoms with E-state index in [4.69, 9.17) is 4.74 Å². The predicted molar refractivity (Wildman–Crippen MR) is 50.4 cm³/mol. The number of halogens is 4. The molecule has 0 aromatic carbocycles. The highest BCUT2D eigenvalue weighted by molar-refractivity contribution is 9.09. The molecule has 0 bridgehead atoms. The largest absolute Gasteiger partial charge is 0.460 e. The van der Waals surface area contributed by atoms with E-state index in [1.807, 2.05) is 0 Å². The van der Waals surface area contributed by atoms with Gasteiger partial charge in [-0.1, -0.05) is 15.9 Å². The van der Waals surface area contributed by atoms with Crippen molar-refractivity contribution in [2.24, 2.45) is 0 Å². The molecule has 84 valence electrons. The summed E-state index contributed by atoms with van der Waals surface area (Å²) >= 11 is 3.17. The van der Waals surface area contributed by atoms with Crippen LogP contribution in [0.3, 0.4) is 0 Å². The lowest BCUT2D eigenvalue weighted by Crippen LogP contribution is -2.47. The molecule has 0 aromatic rings. The average Bonchev–Trinajstić information content (AvgIpc) is 2.14. The van der Waals surface area contributed by atoms with Crippen molar-refractivity contribution in [1.29, 1.82) is 0 Å². The van der Waals surface area contributed by atoms with E-state index in [1.165, 1.54) is 0 Å². The lowest BCUT2D eigenvalue weighted by Gasteiger charge is -2.33. The number of likely N-dealkylation sites (tertiary alicyclic amines) is 1. The molecule has 2 nitrogen and oxygen atoms in total. The van der Waals surface area contributed by atoms with Gasteiger partial charge >= 0.3 is 6.30 Å². The normalized spacial score (nSPS) is 25.3. The van der Waals surface area contributed by atoms with E-state index in [0.29, 0.717) is 23.3 Å². The summed E-state index contributed by atoms with van der Waals surface area (Å²) in [6, 6.07) is 0. The molecule has 0 unspecified atom stereocenters. The Labute approximate surface area is 89.5 Å². The molecule has 1 fully saturated rings. The van der Waals surface area contributed by atoms with Crippen molar-refractivity contribution in [3.05, 3.63) is 0 Å². The number of nitrogens with zero attached hydrogens (tertiary/aromatic N) is 1. The summed E-state index contributed by atoms with van der Waals surface area (Å²) in [6.07, 6.45) is -3.22. The molecule has 0 N–H and O–H groups in total. The van der Waals surface area contributed by atoms with Crippen LogP contribution in [0.1, 0.15) is 12.8 Å². The first-order chi connectivity index (χ1) is 6.54. The van der Waals surface area contributed by atoms with Crippen molar-refractivity contribution in [3.63, 3.8) is 0 Å². The summed E-state index contributed by atoms with van der Waals surface area (Å²) < 4.78 is 42.2. The Bertz CT molecular complexity index is 176. The van der Waals surface area contributed by atoms with Gasteiger partial charge in [0.25, 0.3) is 0 Å². The van der Waals surface area contributed by atoms with Gasteiger partial charge in [0.05, 0.1) is 12.7 Å². The second kappa shape index (κ2) is 5.32. The maximum absolute atomic E-state index is 12.3. The quantitative estimate of drug-likeness (QED) is 0.579. The van der Waals surface area contributed by atoms with Gasteiger partial charge in [-0.25, -0.2) is 4.90 Å². The van der Waals surface area contributed by atoms with Crippen molar-refractivity contribution in [2.45, 2.75) is 25.2 Å². The third-order valence-corrected chi connectivity index (χ3v) is 2.49. The van der Waals surface area contributed by atoms with Gasteiger partial charge in [0.15, 0.2) is 0 Å². The predicted octanol–water partition coefficient (Wildman–Crippen LogP) is 2.38. The maximum atomic E-state index is 12.3. The van der Waals surface area contributed by atoms with Crippen molar-refractivity contribution < 1.29 is 17.9 Å². The van der Waals surface area contributed by atoms with Crippen molar-refractivity contribution in [3.8, 4) is 0 Å². The lowest BCUT2D eigenvalue weighted by atomic mass is 10.1. The van der Waals surface area contributed by atoms with Crippen LogP contribution in [-0.4, -0.2) is 42.3 Å². The smallest absolute Gasteiger partial charge is 0.376 e. The fraction of sp³-hybridized carbons (Fsp3) is 1.00. The van der Waals surface area contributed by atoms with Crippen molar-refractivity contribution in [1.82, 2.24) is 4.90 Å². The molecule has 1 rings (SSSR count). The standard InChI is InChI=1S/C8H13BrF3NO/c9-3-5-14-7-2-1-4-13(6-7)8(10,11)12/h7H,1-6H2/t7-/m1/s1. The second-order valence-electron chi connectivity index (χ2n) is 3.24. The summed E-state index contributed by atoms with van der Waals surface area (Å²) in [5, 5.41) is 0.662. The fourth-order valence-electron chi connectivity index (χ4n) is 1.52.